The Balaban J connectivity index is 1.88. The van der Waals surface area contributed by atoms with E-state index in [9.17, 15) is 4.79 Å². The van der Waals surface area contributed by atoms with Gasteiger partial charge >= 0.3 is 6.03 Å². The lowest BCUT2D eigenvalue weighted by molar-refractivity contribution is 0.231. The van der Waals surface area contributed by atoms with Gasteiger partial charge in [-0.3, -0.25) is 0 Å². The highest BCUT2D eigenvalue weighted by Crippen LogP contribution is 2.29. The smallest absolute Gasteiger partial charge is 0.315 e. The van der Waals surface area contributed by atoms with Crippen molar-refractivity contribution in [2.24, 2.45) is 0 Å². The van der Waals surface area contributed by atoms with E-state index in [2.05, 4.69) is 16.7 Å². The summed E-state index contributed by atoms with van der Waals surface area (Å²) in [5.41, 5.74) is 1.13. The third-order valence-electron chi connectivity index (χ3n) is 3.40. The van der Waals surface area contributed by atoms with Gasteiger partial charge < -0.3 is 20.5 Å². The Morgan fingerprint density at radius 1 is 1.26 bits per heavy atom. The summed E-state index contributed by atoms with van der Waals surface area (Å²) in [4.78, 5) is 14.0. The first-order valence-electron chi connectivity index (χ1n) is 7.50. The Kier molecular flexibility index (Phi) is 6.43. The summed E-state index contributed by atoms with van der Waals surface area (Å²) in [6.45, 7) is 2.42. The molecule has 2 rings (SSSR count). The number of hydrogen-bond donors (Lipinski definition) is 3. The van der Waals surface area contributed by atoms with Crippen LogP contribution in [0.3, 0.4) is 0 Å². The van der Waals surface area contributed by atoms with Crippen LogP contribution in [-0.4, -0.2) is 30.9 Å². The molecule has 0 spiro atoms. The molecule has 23 heavy (non-hydrogen) atoms. The topological polar surface area (TPSA) is 70.6 Å². The van der Waals surface area contributed by atoms with Crippen molar-refractivity contribution in [2.75, 3.05) is 13.7 Å². The number of amides is 2. The zero-order valence-corrected chi connectivity index (χ0v) is 14.2. The first-order chi connectivity index (χ1) is 11.1. The Morgan fingerprint density at radius 2 is 2.00 bits per heavy atom. The molecule has 0 unspecified atom stereocenters. The molecule has 2 amide bonds. The van der Waals surface area contributed by atoms with Gasteiger partial charge in [0, 0.05) is 22.4 Å². The van der Waals surface area contributed by atoms with Gasteiger partial charge in [0.05, 0.1) is 13.7 Å². The van der Waals surface area contributed by atoms with Gasteiger partial charge in [0.25, 0.3) is 0 Å². The number of urea groups is 1. The van der Waals surface area contributed by atoms with Crippen molar-refractivity contribution in [1.29, 1.82) is 0 Å². The number of hydrogen-bond acceptors (Lipinski definition) is 4. The molecule has 0 aliphatic heterocycles. The van der Waals surface area contributed by atoms with Crippen molar-refractivity contribution < 1.29 is 14.6 Å². The summed E-state index contributed by atoms with van der Waals surface area (Å²) in [5.74, 6) is 0.834. The minimum absolute atomic E-state index is 0.0433. The summed E-state index contributed by atoms with van der Waals surface area (Å²) in [6, 6.07) is 11.7. The van der Waals surface area contributed by atoms with Crippen LogP contribution in [0.4, 0.5) is 4.79 Å². The highest BCUT2D eigenvalue weighted by molar-refractivity contribution is 7.15. The Morgan fingerprint density at radius 3 is 2.65 bits per heavy atom. The minimum atomic E-state index is -0.217. The normalized spacial score (nSPS) is 11.8. The van der Waals surface area contributed by atoms with Crippen LogP contribution < -0.4 is 15.4 Å². The number of rotatable bonds is 7. The van der Waals surface area contributed by atoms with Crippen LogP contribution in [0.15, 0.2) is 36.4 Å². The largest absolute Gasteiger partial charge is 0.497 e. The number of carbonyl (C=O) groups is 1. The van der Waals surface area contributed by atoms with Crippen LogP contribution >= 0.6 is 11.3 Å². The lowest BCUT2D eigenvalue weighted by atomic mass is 10.2. The summed E-state index contributed by atoms with van der Waals surface area (Å²) in [7, 11) is 1.65. The number of ether oxygens (including phenoxy) is 1. The third-order valence-corrected chi connectivity index (χ3v) is 4.53. The highest BCUT2D eigenvalue weighted by atomic mass is 32.1. The van der Waals surface area contributed by atoms with Gasteiger partial charge in [0.2, 0.25) is 0 Å². The second-order valence-corrected chi connectivity index (χ2v) is 6.40. The number of benzene rings is 1. The molecule has 5 nitrogen and oxygen atoms in total. The molecule has 0 radical (unpaired) electrons. The molecule has 0 aliphatic rings. The van der Waals surface area contributed by atoms with Gasteiger partial charge in [0.1, 0.15) is 5.75 Å². The molecule has 0 saturated carbocycles. The number of carbonyl (C=O) groups excluding carboxylic acids is 1. The molecule has 0 aliphatic carbocycles. The van der Waals surface area contributed by atoms with Crippen molar-refractivity contribution in [3.63, 3.8) is 0 Å². The SMILES string of the molecule is COc1ccc(-c2ccc(CNC(=O)N[C@H](C)CCO)s2)cc1. The van der Waals surface area contributed by atoms with Gasteiger partial charge in [-0.05, 0) is 55.3 Å². The number of aliphatic hydroxyl groups is 1. The molecule has 0 saturated heterocycles. The molecule has 0 fully saturated rings. The van der Waals surface area contributed by atoms with Crippen LogP contribution in [0.2, 0.25) is 0 Å². The third kappa shape index (κ3) is 5.26. The van der Waals surface area contributed by atoms with Crippen LogP contribution in [0, 0.1) is 0 Å². The fourth-order valence-electron chi connectivity index (χ4n) is 2.09. The quantitative estimate of drug-likeness (QED) is 0.729. The van der Waals surface area contributed by atoms with Crippen LogP contribution in [0.5, 0.6) is 5.75 Å². The van der Waals surface area contributed by atoms with E-state index < -0.39 is 0 Å². The van der Waals surface area contributed by atoms with Crippen LogP contribution in [-0.2, 0) is 6.54 Å². The van der Waals surface area contributed by atoms with Gasteiger partial charge in [-0.2, -0.15) is 0 Å². The van der Waals surface area contributed by atoms with E-state index in [1.54, 1.807) is 18.4 Å². The van der Waals surface area contributed by atoms with Crippen molar-refractivity contribution >= 4 is 17.4 Å². The van der Waals surface area contributed by atoms with Crippen LogP contribution in [0.25, 0.3) is 10.4 Å². The van der Waals surface area contributed by atoms with E-state index in [4.69, 9.17) is 9.84 Å². The molecule has 6 heteroatoms. The molecule has 2 aromatic rings. The molecular formula is C17H22N2O3S. The summed E-state index contributed by atoms with van der Waals surface area (Å²) >= 11 is 1.65. The monoisotopic (exact) mass is 334 g/mol. The van der Waals surface area contributed by atoms with Crippen molar-refractivity contribution in [2.45, 2.75) is 25.9 Å². The second kappa shape index (κ2) is 8.55. The summed E-state index contributed by atoms with van der Waals surface area (Å²) in [6.07, 6.45) is 0.550. The van der Waals surface area contributed by atoms with Crippen molar-refractivity contribution in [3.8, 4) is 16.2 Å². The lowest BCUT2D eigenvalue weighted by Gasteiger charge is -2.12. The minimum Gasteiger partial charge on any atom is -0.497 e. The van der Waals surface area contributed by atoms with Gasteiger partial charge in [-0.1, -0.05) is 0 Å². The van der Waals surface area contributed by atoms with Crippen molar-refractivity contribution in [1.82, 2.24) is 10.6 Å². The molecule has 1 aromatic heterocycles. The van der Waals surface area contributed by atoms with E-state index >= 15 is 0 Å². The maximum absolute atomic E-state index is 11.7. The predicted molar refractivity (Wildman–Crippen MR) is 92.8 cm³/mol. The average Bonchev–Trinajstić information content (AvgIpc) is 3.02. The zero-order chi connectivity index (χ0) is 16.7. The zero-order valence-electron chi connectivity index (χ0n) is 13.3. The first-order valence-corrected chi connectivity index (χ1v) is 8.32. The highest BCUT2D eigenvalue weighted by Gasteiger charge is 2.08. The maximum atomic E-state index is 11.7. The van der Waals surface area contributed by atoms with E-state index in [1.165, 1.54) is 0 Å². The maximum Gasteiger partial charge on any atom is 0.315 e. The molecule has 1 aromatic carbocycles. The number of aliphatic hydroxyl groups excluding tert-OH is 1. The summed E-state index contributed by atoms with van der Waals surface area (Å²) in [5, 5.41) is 14.4. The Hall–Kier alpha value is -2.05. The fraction of sp³-hybridized carbons (Fsp3) is 0.353. The van der Waals surface area contributed by atoms with E-state index in [-0.39, 0.29) is 18.7 Å². The molecule has 1 heterocycles. The van der Waals surface area contributed by atoms with Crippen LogP contribution in [0.1, 0.15) is 18.2 Å². The Bertz CT molecular complexity index is 625. The number of methoxy groups -OCH3 is 1. The average molecular weight is 334 g/mol. The van der Waals surface area contributed by atoms with E-state index in [1.807, 2.05) is 37.3 Å². The molecular weight excluding hydrogens is 312 g/mol. The van der Waals surface area contributed by atoms with Gasteiger partial charge in [-0.25, -0.2) is 4.79 Å². The fourth-order valence-corrected chi connectivity index (χ4v) is 3.04. The summed E-state index contributed by atoms with van der Waals surface area (Å²) < 4.78 is 5.16. The lowest BCUT2D eigenvalue weighted by Crippen LogP contribution is -2.40. The van der Waals surface area contributed by atoms with Crippen molar-refractivity contribution in [3.05, 3.63) is 41.3 Å². The molecule has 1 atom stereocenters. The molecule has 0 bridgehead atoms. The van der Waals surface area contributed by atoms with E-state index in [0.717, 1.165) is 21.1 Å². The van der Waals surface area contributed by atoms with Gasteiger partial charge in [0.15, 0.2) is 0 Å². The molecule has 3 N–H and O–H groups in total. The second-order valence-electron chi connectivity index (χ2n) is 5.23. The Labute approximate surface area is 140 Å². The van der Waals surface area contributed by atoms with Gasteiger partial charge in [-0.15, -0.1) is 11.3 Å². The van der Waals surface area contributed by atoms with E-state index in [0.29, 0.717) is 13.0 Å². The molecule has 124 valence electrons. The number of nitrogens with one attached hydrogen (secondary N) is 2. The first kappa shape index (κ1) is 17.3. The number of thiophene rings is 1. The predicted octanol–water partition coefficient (Wildman–Crippen LogP) is 2.99. The standard InChI is InChI=1S/C17H22N2O3S/c1-12(9-10-20)19-17(21)18-11-15-7-8-16(23-15)13-3-5-14(22-2)6-4-13/h3-8,12,20H,9-11H2,1-2H3,(H2,18,19,21)/t12-/m1/s1.